The van der Waals surface area contributed by atoms with E-state index >= 15 is 0 Å². The van der Waals surface area contributed by atoms with Gasteiger partial charge in [0.2, 0.25) is 0 Å². The number of nitrogens with zero attached hydrogens (tertiary/aromatic N) is 2. The summed E-state index contributed by atoms with van der Waals surface area (Å²) in [6.07, 6.45) is 3.19. The molecule has 0 aliphatic carbocycles. The van der Waals surface area contributed by atoms with E-state index in [4.69, 9.17) is 4.74 Å². The van der Waals surface area contributed by atoms with E-state index < -0.39 is 23.5 Å². The maximum Gasteiger partial charge on any atom is 0.295 e. The molecule has 0 bridgehead atoms. The van der Waals surface area contributed by atoms with Crippen molar-refractivity contribution in [2.45, 2.75) is 12.6 Å². The molecule has 6 nitrogen and oxygen atoms in total. The van der Waals surface area contributed by atoms with Gasteiger partial charge in [0.25, 0.3) is 11.7 Å². The highest BCUT2D eigenvalue weighted by Crippen LogP contribution is 2.40. The van der Waals surface area contributed by atoms with Crippen molar-refractivity contribution in [1.82, 2.24) is 9.88 Å². The highest BCUT2D eigenvalue weighted by Gasteiger charge is 2.46. The van der Waals surface area contributed by atoms with Gasteiger partial charge < -0.3 is 14.7 Å². The zero-order valence-electron chi connectivity index (χ0n) is 16.7. The summed E-state index contributed by atoms with van der Waals surface area (Å²) in [5.41, 5.74) is 1.30. The van der Waals surface area contributed by atoms with E-state index in [1.54, 1.807) is 54.9 Å². The molecule has 31 heavy (non-hydrogen) atoms. The summed E-state index contributed by atoms with van der Waals surface area (Å²) < 4.78 is 19.2. The molecule has 1 aromatic heterocycles. The van der Waals surface area contributed by atoms with E-state index in [0.29, 0.717) is 22.4 Å². The zero-order chi connectivity index (χ0) is 22.0. The number of carbonyl (C=O) groups excluding carboxylic acids is 2. The van der Waals surface area contributed by atoms with E-state index in [1.807, 2.05) is 0 Å². The third-order valence-electron chi connectivity index (χ3n) is 5.12. The number of hydrogen-bond acceptors (Lipinski definition) is 5. The fourth-order valence-electron chi connectivity index (χ4n) is 3.68. The van der Waals surface area contributed by atoms with Crippen LogP contribution in [0.5, 0.6) is 5.75 Å². The summed E-state index contributed by atoms with van der Waals surface area (Å²) >= 11 is 0. The maximum absolute atomic E-state index is 14.0. The van der Waals surface area contributed by atoms with Crippen molar-refractivity contribution in [3.63, 3.8) is 0 Å². The molecule has 4 rings (SSSR count). The first-order valence-electron chi connectivity index (χ1n) is 9.57. The average molecular weight is 418 g/mol. The predicted molar refractivity (Wildman–Crippen MR) is 111 cm³/mol. The smallest absolute Gasteiger partial charge is 0.295 e. The van der Waals surface area contributed by atoms with Gasteiger partial charge in [-0.2, -0.15) is 0 Å². The van der Waals surface area contributed by atoms with E-state index in [1.165, 1.54) is 30.2 Å². The molecule has 1 aliphatic rings. The molecule has 1 atom stereocenters. The van der Waals surface area contributed by atoms with Gasteiger partial charge in [-0.25, -0.2) is 4.39 Å². The average Bonchev–Trinajstić information content (AvgIpc) is 3.04. The summed E-state index contributed by atoms with van der Waals surface area (Å²) in [7, 11) is 1.48. The van der Waals surface area contributed by atoms with Crippen molar-refractivity contribution in [2.75, 3.05) is 7.11 Å². The molecular weight excluding hydrogens is 399 g/mol. The Labute approximate surface area is 178 Å². The standard InChI is InChI=1S/C24H19FN2O4/c1-31-19-9-3-7-17(12-19)22(28)20-21(16-6-2-8-18(25)11-16)27(24(30)23(20)29)14-15-5-4-10-26-13-15/h2-13,21,28H,14H2,1H3/t21-/m0/s1. The number of hydrogen-bond donors (Lipinski definition) is 1. The van der Waals surface area contributed by atoms with Gasteiger partial charge in [0.15, 0.2) is 0 Å². The molecule has 2 heterocycles. The molecule has 0 radical (unpaired) electrons. The van der Waals surface area contributed by atoms with E-state index in [2.05, 4.69) is 4.98 Å². The predicted octanol–water partition coefficient (Wildman–Crippen LogP) is 3.85. The normalized spacial score (nSPS) is 17.7. The summed E-state index contributed by atoms with van der Waals surface area (Å²) in [6, 6.07) is 14.7. The van der Waals surface area contributed by atoms with Crippen LogP contribution in [-0.4, -0.2) is 33.8 Å². The Balaban J connectivity index is 1.87. The third-order valence-corrected chi connectivity index (χ3v) is 5.12. The van der Waals surface area contributed by atoms with Gasteiger partial charge in [0.1, 0.15) is 17.3 Å². The number of benzene rings is 2. The van der Waals surface area contributed by atoms with E-state index in [9.17, 15) is 19.1 Å². The molecule has 0 unspecified atom stereocenters. The zero-order valence-corrected chi connectivity index (χ0v) is 16.7. The molecule has 7 heteroatoms. The van der Waals surface area contributed by atoms with Gasteiger partial charge in [-0.3, -0.25) is 14.6 Å². The first-order chi connectivity index (χ1) is 15.0. The van der Waals surface area contributed by atoms with Crippen molar-refractivity contribution < 1.29 is 23.8 Å². The van der Waals surface area contributed by atoms with Crippen LogP contribution in [0, 0.1) is 5.82 Å². The van der Waals surface area contributed by atoms with Gasteiger partial charge in [0, 0.05) is 24.5 Å². The minimum Gasteiger partial charge on any atom is -0.507 e. The lowest BCUT2D eigenvalue weighted by molar-refractivity contribution is -0.140. The second kappa shape index (κ2) is 8.39. The van der Waals surface area contributed by atoms with Crippen molar-refractivity contribution in [3.8, 4) is 5.75 Å². The van der Waals surface area contributed by atoms with Crippen molar-refractivity contribution in [1.29, 1.82) is 0 Å². The molecule has 1 N–H and O–H groups in total. The van der Waals surface area contributed by atoms with Gasteiger partial charge in [0.05, 0.1) is 18.7 Å². The quantitative estimate of drug-likeness (QED) is 0.387. The first kappa shape index (κ1) is 20.3. The highest BCUT2D eigenvalue weighted by molar-refractivity contribution is 6.46. The minimum absolute atomic E-state index is 0.0779. The van der Waals surface area contributed by atoms with Crippen molar-refractivity contribution in [2.24, 2.45) is 0 Å². The number of aliphatic hydroxyl groups excluding tert-OH is 1. The second-order valence-corrected chi connectivity index (χ2v) is 7.08. The Morgan fingerprint density at radius 2 is 1.94 bits per heavy atom. The van der Waals surface area contributed by atoms with Crippen molar-refractivity contribution in [3.05, 3.63) is 101 Å². The van der Waals surface area contributed by atoms with Crippen LogP contribution in [0.3, 0.4) is 0 Å². The number of carbonyl (C=O) groups is 2. The summed E-state index contributed by atoms with van der Waals surface area (Å²) in [6.45, 7) is 0.0779. The monoisotopic (exact) mass is 418 g/mol. The number of aliphatic hydroxyl groups is 1. The van der Waals surface area contributed by atoms with Crippen LogP contribution in [0.25, 0.3) is 5.76 Å². The highest BCUT2D eigenvalue weighted by atomic mass is 19.1. The third kappa shape index (κ3) is 3.90. The number of rotatable bonds is 5. The Hall–Kier alpha value is -4.00. The van der Waals surface area contributed by atoms with Crippen LogP contribution in [0.4, 0.5) is 4.39 Å². The molecule has 3 aromatic rings. The number of amides is 1. The Morgan fingerprint density at radius 1 is 1.13 bits per heavy atom. The number of ether oxygens (including phenoxy) is 1. The molecule has 0 spiro atoms. The fraction of sp³-hybridized carbons (Fsp3) is 0.125. The molecule has 156 valence electrons. The Bertz CT molecular complexity index is 1180. The van der Waals surface area contributed by atoms with Gasteiger partial charge in [-0.15, -0.1) is 0 Å². The Kier molecular flexibility index (Phi) is 5.49. The molecule has 0 saturated carbocycles. The number of pyridine rings is 1. The van der Waals surface area contributed by atoms with Crippen LogP contribution in [-0.2, 0) is 16.1 Å². The minimum atomic E-state index is -0.956. The second-order valence-electron chi connectivity index (χ2n) is 7.08. The topological polar surface area (TPSA) is 79.7 Å². The van der Waals surface area contributed by atoms with E-state index in [-0.39, 0.29) is 17.9 Å². The molecule has 1 aliphatic heterocycles. The van der Waals surface area contributed by atoms with Crippen molar-refractivity contribution >= 4 is 17.4 Å². The van der Waals surface area contributed by atoms with Crippen LogP contribution >= 0.6 is 0 Å². The van der Waals surface area contributed by atoms with Crippen LogP contribution < -0.4 is 4.74 Å². The number of aromatic nitrogens is 1. The number of halogens is 1. The number of methoxy groups -OCH3 is 1. The number of Topliss-reactive ketones (excluding diaryl/α,β-unsaturated/α-hetero) is 1. The van der Waals surface area contributed by atoms with Crippen LogP contribution in [0.2, 0.25) is 0 Å². The Morgan fingerprint density at radius 3 is 2.65 bits per heavy atom. The summed E-state index contributed by atoms with van der Waals surface area (Å²) in [4.78, 5) is 31.3. The molecule has 1 amide bonds. The van der Waals surface area contributed by atoms with Gasteiger partial charge in [-0.1, -0.05) is 30.3 Å². The van der Waals surface area contributed by atoms with E-state index in [0.717, 1.165) is 0 Å². The first-order valence-corrected chi connectivity index (χ1v) is 9.57. The van der Waals surface area contributed by atoms with Crippen LogP contribution in [0.15, 0.2) is 78.6 Å². The molecule has 1 fully saturated rings. The molecule has 1 saturated heterocycles. The lowest BCUT2D eigenvalue weighted by atomic mass is 9.95. The summed E-state index contributed by atoms with van der Waals surface area (Å²) in [5.74, 6) is -1.98. The lowest BCUT2D eigenvalue weighted by Gasteiger charge is -2.25. The summed E-state index contributed by atoms with van der Waals surface area (Å²) in [5, 5.41) is 11.0. The van der Waals surface area contributed by atoms with Gasteiger partial charge in [-0.05, 0) is 41.5 Å². The molecule has 2 aromatic carbocycles. The van der Waals surface area contributed by atoms with Gasteiger partial charge >= 0.3 is 0 Å². The SMILES string of the molecule is COc1cccc(C(O)=C2C(=O)C(=O)N(Cc3cccnc3)[C@H]2c2cccc(F)c2)c1. The number of ketones is 1. The lowest BCUT2D eigenvalue weighted by Crippen LogP contribution is -2.29. The molecular formula is C24H19FN2O4. The van der Waals surface area contributed by atoms with Crippen LogP contribution in [0.1, 0.15) is 22.7 Å². The largest absolute Gasteiger partial charge is 0.507 e. The number of likely N-dealkylation sites (tertiary alicyclic amines) is 1. The fourth-order valence-corrected chi connectivity index (χ4v) is 3.68. The maximum atomic E-state index is 14.0.